The molecule has 1 aromatic rings. The quantitative estimate of drug-likeness (QED) is 0.829. The van der Waals surface area contributed by atoms with Crippen LogP contribution in [0.5, 0.6) is 5.75 Å². The highest BCUT2D eigenvalue weighted by Crippen LogP contribution is 2.18. The fourth-order valence-corrected chi connectivity index (χ4v) is 1.92. The lowest BCUT2D eigenvalue weighted by Crippen LogP contribution is -2.39. The molecular weight excluding hydrogens is 258 g/mol. The van der Waals surface area contributed by atoms with E-state index in [4.69, 9.17) is 9.84 Å². The van der Waals surface area contributed by atoms with Crippen LogP contribution in [0.1, 0.15) is 24.5 Å². The third-order valence-corrected chi connectivity index (χ3v) is 2.85. The maximum Gasteiger partial charge on any atom is 0.323 e. The summed E-state index contributed by atoms with van der Waals surface area (Å²) >= 11 is 0. The summed E-state index contributed by atoms with van der Waals surface area (Å²) in [7, 11) is 0. The Morgan fingerprint density at radius 3 is 2.55 bits per heavy atom. The summed E-state index contributed by atoms with van der Waals surface area (Å²) in [5.41, 5.74) is 2.08. The molecular formula is C15H21NO4. The van der Waals surface area contributed by atoms with E-state index in [1.807, 2.05) is 39.0 Å². The number of ether oxygens (including phenoxy) is 1. The van der Waals surface area contributed by atoms with E-state index in [-0.39, 0.29) is 19.1 Å². The van der Waals surface area contributed by atoms with Gasteiger partial charge >= 0.3 is 5.97 Å². The normalized spacial score (nSPS) is 10.2. The van der Waals surface area contributed by atoms with Crippen LogP contribution in [-0.2, 0) is 9.59 Å². The number of nitrogens with zero attached hydrogens (tertiary/aromatic N) is 1. The van der Waals surface area contributed by atoms with Crippen LogP contribution in [0.25, 0.3) is 0 Å². The van der Waals surface area contributed by atoms with Crippen molar-refractivity contribution in [1.82, 2.24) is 4.90 Å². The first-order valence-electron chi connectivity index (χ1n) is 6.63. The molecule has 0 aliphatic carbocycles. The van der Waals surface area contributed by atoms with Gasteiger partial charge in [0.2, 0.25) is 0 Å². The van der Waals surface area contributed by atoms with E-state index >= 15 is 0 Å². The van der Waals surface area contributed by atoms with Crippen LogP contribution >= 0.6 is 0 Å². The van der Waals surface area contributed by atoms with E-state index in [0.29, 0.717) is 18.7 Å². The molecule has 1 N–H and O–H groups in total. The number of aliphatic carboxylic acids is 1. The average Bonchev–Trinajstić information content (AvgIpc) is 2.36. The molecule has 20 heavy (non-hydrogen) atoms. The number of amides is 1. The summed E-state index contributed by atoms with van der Waals surface area (Å²) in [6.07, 6.45) is 0.711. The van der Waals surface area contributed by atoms with Crippen LogP contribution in [0.15, 0.2) is 18.2 Å². The molecule has 1 amide bonds. The standard InChI is InChI=1S/C15H21NO4/c1-4-7-16(9-15(18)19)14(17)10-20-13-6-5-11(2)8-12(13)3/h5-6,8H,4,7,9-10H2,1-3H3,(H,18,19). The van der Waals surface area contributed by atoms with Gasteiger partial charge < -0.3 is 14.7 Å². The monoisotopic (exact) mass is 279 g/mol. The van der Waals surface area contributed by atoms with Crippen molar-refractivity contribution >= 4 is 11.9 Å². The zero-order chi connectivity index (χ0) is 15.1. The number of hydrogen-bond acceptors (Lipinski definition) is 3. The van der Waals surface area contributed by atoms with E-state index < -0.39 is 5.97 Å². The predicted octanol–water partition coefficient (Wildman–Crippen LogP) is 2.01. The minimum atomic E-state index is -1.02. The molecule has 0 aliphatic rings. The Bertz CT molecular complexity index is 485. The largest absolute Gasteiger partial charge is 0.484 e. The molecule has 0 radical (unpaired) electrons. The Morgan fingerprint density at radius 2 is 2.00 bits per heavy atom. The van der Waals surface area contributed by atoms with Gasteiger partial charge in [-0.3, -0.25) is 9.59 Å². The smallest absolute Gasteiger partial charge is 0.323 e. The fourth-order valence-electron chi connectivity index (χ4n) is 1.92. The van der Waals surface area contributed by atoms with E-state index in [2.05, 4.69) is 0 Å². The van der Waals surface area contributed by atoms with Gasteiger partial charge in [-0.1, -0.05) is 24.6 Å². The summed E-state index contributed by atoms with van der Waals surface area (Å²) in [5, 5.41) is 8.78. The third kappa shape index (κ3) is 4.91. The van der Waals surface area contributed by atoms with Crippen molar-refractivity contribution in [3.63, 3.8) is 0 Å². The number of aryl methyl sites for hydroxylation is 2. The molecule has 1 rings (SSSR count). The second-order valence-electron chi connectivity index (χ2n) is 4.77. The Hall–Kier alpha value is -2.04. The molecule has 0 heterocycles. The zero-order valence-electron chi connectivity index (χ0n) is 12.2. The first-order valence-corrected chi connectivity index (χ1v) is 6.63. The summed E-state index contributed by atoms with van der Waals surface area (Å²) in [6, 6.07) is 5.70. The topological polar surface area (TPSA) is 66.8 Å². The van der Waals surface area contributed by atoms with Gasteiger partial charge in [-0.2, -0.15) is 0 Å². The minimum Gasteiger partial charge on any atom is -0.484 e. The van der Waals surface area contributed by atoms with Crippen LogP contribution < -0.4 is 4.74 Å². The highest BCUT2D eigenvalue weighted by Gasteiger charge is 2.16. The van der Waals surface area contributed by atoms with Gasteiger partial charge in [0.25, 0.3) is 5.91 Å². The number of carboxylic acids is 1. The van der Waals surface area contributed by atoms with Crippen molar-refractivity contribution < 1.29 is 19.4 Å². The van der Waals surface area contributed by atoms with Gasteiger partial charge in [-0.25, -0.2) is 0 Å². The van der Waals surface area contributed by atoms with Crippen molar-refractivity contribution in [2.45, 2.75) is 27.2 Å². The van der Waals surface area contributed by atoms with Crippen molar-refractivity contribution in [2.24, 2.45) is 0 Å². The van der Waals surface area contributed by atoms with E-state index in [1.165, 1.54) is 4.90 Å². The van der Waals surface area contributed by atoms with Crippen molar-refractivity contribution in [2.75, 3.05) is 19.7 Å². The summed E-state index contributed by atoms with van der Waals surface area (Å²) in [4.78, 5) is 24.0. The SMILES string of the molecule is CCCN(CC(=O)O)C(=O)COc1ccc(C)cc1C. The van der Waals surface area contributed by atoms with Gasteiger partial charge in [-0.15, -0.1) is 0 Å². The average molecular weight is 279 g/mol. The second-order valence-corrected chi connectivity index (χ2v) is 4.77. The fraction of sp³-hybridized carbons (Fsp3) is 0.467. The lowest BCUT2D eigenvalue weighted by molar-refractivity contribution is -0.145. The molecule has 0 saturated heterocycles. The molecule has 5 heteroatoms. The number of rotatable bonds is 7. The first kappa shape index (κ1) is 16.0. The van der Waals surface area contributed by atoms with Crippen molar-refractivity contribution in [3.8, 4) is 5.75 Å². The van der Waals surface area contributed by atoms with Crippen molar-refractivity contribution in [1.29, 1.82) is 0 Å². The van der Waals surface area contributed by atoms with Crippen LogP contribution in [0.2, 0.25) is 0 Å². The number of hydrogen-bond donors (Lipinski definition) is 1. The number of benzene rings is 1. The summed E-state index contributed by atoms with van der Waals surface area (Å²) in [6.45, 7) is 5.78. The maximum absolute atomic E-state index is 12.0. The maximum atomic E-state index is 12.0. The number of carboxylic acid groups (broad SMARTS) is 1. The van der Waals surface area contributed by atoms with Gasteiger partial charge in [0, 0.05) is 6.54 Å². The molecule has 0 spiro atoms. The van der Waals surface area contributed by atoms with Crippen molar-refractivity contribution in [3.05, 3.63) is 29.3 Å². The molecule has 5 nitrogen and oxygen atoms in total. The molecule has 0 fully saturated rings. The van der Waals surface area contributed by atoms with Crippen LogP contribution in [0.4, 0.5) is 0 Å². The summed E-state index contributed by atoms with van der Waals surface area (Å²) in [5.74, 6) is -0.678. The highest BCUT2D eigenvalue weighted by molar-refractivity contribution is 5.82. The number of carbonyl (C=O) groups excluding carboxylic acids is 1. The Kier molecular flexibility index (Phi) is 6.03. The molecule has 0 unspecified atom stereocenters. The highest BCUT2D eigenvalue weighted by atomic mass is 16.5. The van der Waals surface area contributed by atoms with Gasteiger partial charge in [-0.05, 0) is 31.9 Å². The molecule has 0 aromatic heterocycles. The molecule has 110 valence electrons. The van der Waals surface area contributed by atoms with Crippen LogP contribution in [-0.4, -0.2) is 41.6 Å². The Labute approximate surface area is 119 Å². The molecule has 0 bridgehead atoms. The minimum absolute atomic E-state index is 0.142. The van der Waals surface area contributed by atoms with Crippen LogP contribution in [0.3, 0.4) is 0 Å². The second kappa shape index (κ2) is 7.53. The Morgan fingerprint density at radius 1 is 1.30 bits per heavy atom. The van der Waals surface area contributed by atoms with E-state index in [1.54, 1.807) is 0 Å². The first-order chi connectivity index (χ1) is 9.43. The lowest BCUT2D eigenvalue weighted by Gasteiger charge is -2.20. The van der Waals surface area contributed by atoms with Gasteiger partial charge in [0.15, 0.2) is 6.61 Å². The predicted molar refractivity (Wildman–Crippen MR) is 75.9 cm³/mol. The van der Waals surface area contributed by atoms with Gasteiger partial charge in [0.05, 0.1) is 0 Å². The van der Waals surface area contributed by atoms with Crippen LogP contribution in [0, 0.1) is 13.8 Å². The molecule has 0 aliphatic heterocycles. The molecule has 0 atom stereocenters. The zero-order valence-corrected chi connectivity index (χ0v) is 12.2. The van der Waals surface area contributed by atoms with E-state index in [9.17, 15) is 9.59 Å². The van der Waals surface area contributed by atoms with Gasteiger partial charge in [0.1, 0.15) is 12.3 Å². The Balaban J connectivity index is 2.62. The lowest BCUT2D eigenvalue weighted by atomic mass is 10.1. The molecule has 1 aromatic carbocycles. The molecule has 0 saturated carbocycles. The number of carbonyl (C=O) groups is 2. The van der Waals surface area contributed by atoms with E-state index in [0.717, 1.165) is 11.1 Å². The third-order valence-electron chi connectivity index (χ3n) is 2.85. The summed E-state index contributed by atoms with van der Waals surface area (Å²) < 4.78 is 5.48.